The van der Waals surface area contributed by atoms with E-state index in [2.05, 4.69) is 5.32 Å². The van der Waals surface area contributed by atoms with Crippen molar-refractivity contribution in [1.82, 2.24) is 15.1 Å². The summed E-state index contributed by atoms with van der Waals surface area (Å²) >= 11 is 0. The molecule has 7 nitrogen and oxygen atoms in total. The third-order valence-electron chi connectivity index (χ3n) is 6.88. The van der Waals surface area contributed by atoms with Gasteiger partial charge in [0, 0.05) is 24.1 Å². The van der Waals surface area contributed by atoms with Crippen LogP contribution in [0.5, 0.6) is 0 Å². The third kappa shape index (κ3) is 3.21. The predicted octanol–water partition coefficient (Wildman–Crippen LogP) is 3.00. The molecule has 170 valence electrons. The van der Waals surface area contributed by atoms with Crippen LogP contribution in [0.3, 0.4) is 0 Å². The van der Waals surface area contributed by atoms with Gasteiger partial charge in [-0.3, -0.25) is 24.5 Å². The number of benzene rings is 2. The minimum Gasteiger partial charge on any atom is -0.328 e. The molecule has 3 aliphatic rings. The molecule has 2 aromatic carbocycles. The molecule has 0 bridgehead atoms. The van der Waals surface area contributed by atoms with Gasteiger partial charge in [-0.1, -0.05) is 0 Å². The molecule has 3 aliphatic heterocycles. The van der Waals surface area contributed by atoms with Gasteiger partial charge >= 0.3 is 0 Å². The number of carbonyl (C=O) groups excluding carboxylic acids is 4. The number of rotatable bonds is 2. The molecule has 0 aliphatic carbocycles. The minimum atomic E-state index is -0.951. The van der Waals surface area contributed by atoms with Crippen molar-refractivity contribution in [3.05, 3.63) is 69.8 Å². The lowest BCUT2D eigenvalue weighted by molar-refractivity contribution is -0.137. The van der Waals surface area contributed by atoms with Crippen LogP contribution in [0.2, 0.25) is 0 Å². The number of imide groups is 1. The van der Waals surface area contributed by atoms with Crippen LogP contribution in [0.4, 0.5) is 8.78 Å². The van der Waals surface area contributed by atoms with Gasteiger partial charge in [0.25, 0.3) is 11.8 Å². The molecule has 1 fully saturated rings. The van der Waals surface area contributed by atoms with Gasteiger partial charge in [-0.15, -0.1) is 0 Å². The lowest BCUT2D eigenvalue weighted by Gasteiger charge is -2.32. The van der Waals surface area contributed by atoms with Crippen molar-refractivity contribution < 1.29 is 28.0 Å². The average molecular weight is 453 g/mol. The predicted molar refractivity (Wildman–Crippen MR) is 112 cm³/mol. The highest BCUT2D eigenvalue weighted by molar-refractivity contribution is 6.06. The van der Waals surface area contributed by atoms with Crippen LogP contribution in [0.1, 0.15) is 76.2 Å². The molecule has 0 unspecified atom stereocenters. The van der Waals surface area contributed by atoms with E-state index in [0.29, 0.717) is 27.8 Å². The molecule has 0 saturated carbocycles. The highest BCUT2D eigenvalue weighted by Gasteiger charge is 2.43. The van der Waals surface area contributed by atoms with Crippen LogP contribution in [-0.4, -0.2) is 39.5 Å². The number of fused-ring (bicyclic) bond motifs is 2. The first kappa shape index (κ1) is 21.2. The smallest absolute Gasteiger partial charge is 0.255 e. The molecule has 5 rings (SSSR count). The van der Waals surface area contributed by atoms with E-state index in [1.54, 1.807) is 32.0 Å². The zero-order valence-electron chi connectivity index (χ0n) is 18.0. The first-order chi connectivity index (χ1) is 15.7. The van der Waals surface area contributed by atoms with E-state index in [0.717, 1.165) is 12.1 Å². The van der Waals surface area contributed by atoms with Crippen molar-refractivity contribution in [1.29, 1.82) is 0 Å². The average Bonchev–Trinajstić information content (AvgIpc) is 3.22. The summed E-state index contributed by atoms with van der Waals surface area (Å²) in [5, 5.41) is 2.28. The Hall–Kier alpha value is -3.62. The van der Waals surface area contributed by atoms with E-state index in [-0.39, 0.29) is 37.1 Å². The standard InChI is InChI=1S/C24H21F2N3O4/c1-11-16-9-19(26)18(25)8-14(16)10-28(11)23(32)13-3-4-15-17(7-13)12(2)29(24(15)33)20-5-6-21(30)27-22(20)31/h3-4,7-9,11-12,20H,5-6,10H2,1-2H3,(H,27,30,31)/t11-,12-,20-/m0/s1. The van der Waals surface area contributed by atoms with E-state index >= 15 is 0 Å². The Morgan fingerprint density at radius 1 is 1.00 bits per heavy atom. The number of nitrogens with zero attached hydrogens (tertiary/aromatic N) is 2. The van der Waals surface area contributed by atoms with Crippen molar-refractivity contribution in [2.45, 2.75) is 51.4 Å². The molecular weight excluding hydrogens is 432 g/mol. The number of hydrogen-bond acceptors (Lipinski definition) is 4. The fraction of sp³-hybridized carbons (Fsp3) is 0.333. The molecule has 0 radical (unpaired) electrons. The Kier molecular flexibility index (Phi) is 4.81. The van der Waals surface area contributed by atoms with Gasteiger partial charge in [0.2, 0.25) is 11.8 Å². The van der Waals surface area contributed by atoms with Crippen molar-refractivity contribution in [3.63, 3.8) is 0 Å². The van der Waals surface area contributed by atoms with E-state index < -0.39 is 35.7 Å². The van der Waals surface area contributed by atoms with Crippen LogP contribution >= 0.6 is 0 Å². The SMILES string of the molecule is C[C@H]1c2cc(F)c(F)cc2CN1C(=O)c1ccc2c(c1)[C@H](C)N([C@H]1CCC(=O)NC1=O)C2=O. The lowest BCUT2D eigenvalue weighted by Crippen LogP contribution is -2.53. The van der Waals surface area contributed by atoms with Crippen molar-refractivity contribution in [2.75, 3.05) is 0 Å². The van der Waals surface area contributed by atoms with E-state index in [4.69, 9.17) is 0 Å². The van der Waals surface area contributed by atoms with E-state index in [1.807, 2.05) is 0 Å². The molecule has 1 N–H and O–H groups in total. The van der Waals surface area contributed by atoms with Gasteiger partial charge in [-0.25, -0.2) is 8.78 Å². The first-order valence-electron chi connectivity index (χ1n) is 10.8. The zero-order valence-corrected chi connectivity index (χ0v) is 18.0. The molecule has 2 aromatic rings. The molecule has 1 saturated heterocycles. The van der Waals surface area contributed by atoms with Crippen LogP contribution in [0.15, 0.2) is 30.3 Å². The summed E-state index contributed by atoms with van der Waals surface area (Å²) in [5.41, 5.74) is 2.50. The molecule has 9 heteroatoms. The van der Waals surface area contributed by atoms with Crippen LogP contribution in [0.25, 0.3) is 0 Å². The minimum absolute atomic E-state index is 0.153. The van der Waals surface area contributed by atoms with Crippen LogP contribution in [-0.2, 0) is 16.1 Å². The Morgan fingerprint density at radius 2 is 1.73 bits per heavy atom. The quantitative estimate of drug-likeness (QED) is 0.709. The monoisotopic (exact) mass is 453 g/mol. The fourth-order valence-corrected chi connectivity index (χ4v) is 5.09. The molecule has 0 aromatic heterocycles. The second-order valence-electron chi connectivity index (χ2n) is 8.73. The molecule has 0 spiro atoms. The molecule has 3 atom stereocenters. The van der Waals surface area contributed by atoms with Crippen LogP contribution in [0, 0.1) is 11.6 Å². The van der Waals surface area contributed by atoms with Gasteiger partial charge in [0.15, 0.2) is 11.6 Å². The molecular formula is C24H21F2N3O4. The largest absolute Gasteiger partial charge is 0.328 e. The lowest BCUT2D eigenvalue weighted by atomic mass is 10.0. The van der Waals surface area contributed by atoms with Crippen molar-refractivity contribution in [2.24, 2.45) is 0 Å². The van der Waals surface area contributed by atoms with Gasteiger partial charge in [0.05, 0.1) is 12.1 Å². The molecule has 3 heterocycles. The van der Waals surface area contributed by atoms with Crippen molar-refractivity contribution >= 4 is 23.6 Å². The maximum Gasteiger partial charge on any atom is 0.255 e. The Morgan fingerprint density at radius 3 is 2.45 bits per heavy atom. The van der Waals surface area contributed by atoms with Gasteiger partial charge < -0.3 is 9.80 Å². The maximum absolute atomic E-state index is 13.7. The maximum atomic E-state index is 13.7. The number of halogens is 2. The highest BCUT2D eigenvalue weighted by Crippen LogP contribution is 2.39. The third-order valence-corrected chi connectivity index (χ3v) is 6.88. The number of hydrogen-bond donors (Lipinski definition) is 1. The Labute approximate surface area is 188 Å². The summed E-state index contributed by atoms with van der Waals surface area (Å²) in [4.78, 5) is 53.1. The van der Waals surface area contributed by atoms with Gasteiger partial charge in [0.1, 0.15) is 6.04 Å². The van der Waals surface area contributed by atoms with Gasteiger partial charge in [-0.05, 0) is 67.3 Å². The second kappa shape index (κ2) is 7.47. The highest BCUT2D eigenvalue weighted by atomic mass is 19.2. The van der Waals surface area contributed by atoms with Crippen molar-refractivity contribution in [3.8, 4) is 0 Å². The summed E-state index contributed by atoms with van der Waals surface area (Å²) in [6.45, 7) is 3.69. The number of nitrogens with one attached hydrogen (secondary N) is 1. The zero-order chi connectivity index (χ0) is 23.6. The summed E-state index contributed by atoms with van der Waals surface area (Å²) in [7, 11) is 0. The molecule has 33 heavy (non-hydrogen) atoms. The number of piperidine rings is 1. The van der Waals surface area contributed by atoms with E-state index in [1.165, 1.54) is 9.80 Å². The Balaban J connectivity index is 1.42. The Bertz CT molecular complexity index is 1240. The first-order valence-corrected chi connectivity index (χ1v) is 10.8. The fourth-order valence-electron chi connectivity index (χ4n) is 5.09. The second-order valence-corrected chi connectivity index (χ2v) is 8.73. The normalized spacial score (nSPS) is 24.1. The topological polar surface area (TPSA) is 86.8 Å². The molecule has 4 amide bonds. The summed E-state index contributed by atoms with van der Waals surface area (Å²) in [5.74, 6) is -3.40. The summed E-state index contributed by atoms with van der Waals surface area (Å²) in [6, 6.07) is 5.37. The van der Waals surface area contributed by atoms with Crippen LogP contribution < -0.4 is 5.32 Å². The van der Waals surface area contributed by atoms with E-state index in [9.17, 15) is 28.0 Å². The summed E-state index contributed by atoms with van der Waals surface area (Å²) < 4.78 is 27.4. The van der Waals surface area contributed by atoms with Gasteiger partial charge in [-0.2, -0.15) is 0 Å². The number of carbonyl (C=O) groups is 4. The summed E-state index contributed by atoms with van der Waals surface area (Å²) in [6.07, 6.45) is 0.402. The number of amides is 4.